The normalized spacial score (nSPS) is 10.0. The molecular formula is C12H12BrFO4. The molecule has 18 heavy (non-hydrogen) atoms. The Morgan fingerprint density at radius 3 is 2.61 bits per heavy atom. The maximum absolute atomic E-state index is 13.6. The number of ketones is 1. The van der Waals surface area contributed by atoms with Gasteiger partial charge in [-0.05, 0) is 28.9 Å². The van der Waals surface area contributed by atoms with Gasteiger partial charge in [0.05, 0.1) is 23.8 Å². The predicted molar refractivity (Wildman–Crippen MR) is 66.2 cm³/mol. The lowest BCUT2D eigenvalue weighted by atomic mass is 10.1. The number of esters is 1. The van der Waals surface area contributed by atoms with Gasteiger partial charge in [-0.25, -0.2) is 4.39 Å². The summed E-state index contributed by atoms with van der Waals surface area (Å²) in [7, 11) is 1.39. The molecule has 0 aromatic heterocycles. The fourth-order valence-electron chi connectivity index (χ4n) is 1.34. The van der Waals surface area contributed by atoms with E-state index in [1.54, 1.807) is 6.92 Å². The van der Waals surface area contributed by atoms with Crippen LogP contribution in [0.1, 0.15) is 23.7 Å². The van der Waals surface area contributed by atoms with E-state index in [0.717, 1.165) is 6.07 Å². The molecule has 0 N–H and O–H groups in total. The molecule has 0 radical (unpaired) electrons. The van der Waals surface area contributed by atoms with Gasteiger partial charge in [-0.1, -0.05) is 0 Å². The molecule has 0 aliphatic carbocycles. The van der Waals surface area contributed by atoms with Crippen molar-refractivity contribution in [3.05, 3.63) is 28.0 Å². The monoisotopic (exact) mass is 318 g/mol. The predicted octanol–water partition coefficient (Wildman–Crippen LogP) is 2.73. The fraction of sp³-hybridized carbons (Fsp3) is 0.333. The molecule has 0 bridgehead atoms. The fourth-order valence-corrected chi connectivity index (χ4v) is 1.84. The summed E-state index contributed by atoms with van der Waals surface area (Å²) >= 11 is 3.15. The first-order valence-corrected chi connectivity index (χ1v) is 6.00. The minimum Gasteiger partial charge on any atom is -0.495 e. The van der Waals surface area contributed by atoms with E-state index in [-0.39, 0.29) is 17.9 Å². The van der Waals surface area contributed by atoms with Crippen molar-refractivity contribution in [3.63, 3.8) is 0 Å². The van der Waals surface area contributed by atoms with Crippen LogP contribution < -0.4 is 4.74 Å². The van der Waals surface area contributed by atoms with Gasteiger partial charge in [0.25, 0.3) is 0 Å². The molecule has 0 saturated heterocycles. The van der Waals surface area contributed by atoms with Gasteiger partial charge >= 0.3 is 5.97 Å². The summed E-state index contributed by atoms with van der Waals surface area (Å²) < 4.78 is 23.6. The number of ether oxygens (including phenoxy) is 2. The number of halogens is 2. The molecule has 4 nitrogen and oxygen atoms in total. The molecule has 0 fully saturated rings. The molecule has 0 spiro atoms. The molecule has 1 aromatic rings. The van der Waals surface area contributed by atoms with E-state index in [2.05, 4.69) is 20.7 Å². The molecule has 0 saturated carbocycles. The largest absolute Gasteiger partial charge is 0.495 e. The minimum absolute atomic E-state index is 0.171. The average Bonchev–Trinajstić information content (AvgIpc) is 2.31. The molecule has 1 rings (SSSR count). The second kappa shape index (κ2) is 6.49. The Balaban J connectivity index is 2.93. The summed E-state index contributed by atoms with van der Waals surface area (Å²) in [6.45, 7) is 1.81. The van der Waals surface area contributed by atoms with Crippen LogP contribution in [-0.4, -0.2) is 25.5 Å². The lowest BCUT2D eigenvalue weighted by Gasteiger charge is -2.07. The molecule has 6 heteroatoms. The third-order valence-corrected chi connectivity index (χ3v) is 2.77. The minimum atomic E-state index is -0.732. The third kappa shape index (κ3) is 3.53. The Hall–Kier alpha value is -1.43. The van der Waals surface area contributed by atoms with E-state index in [4.69, 9.17) is 4.74 Å². The topological polar surface area (TPSA) is 52.6 Å². The Kier molecular flexibility index (Phi) is 5.27. The van der Waals surface area contributed by atoms with E-state index in [0.29, 0.717) is 4.47 Å². The zero-order valence-electron chi connectivity index (χ0n) is 9.96. The summed E-state index contributed by atoms with van der Waals surface area (Å²) in [5.41, 5.74) is -0.171. The summed E-state index contributed by atoms with van der Waals surface area (Å²) in [6, 6.07) is 2.37. The standard InChI is InChI=1S/C12H12BrFO4/c1-3-18-12(16)6-10(15)7-4-8(13)11(17-2)5-9(7)14/h4-5H,3,6H2,1-2H3. The quantitative estimate of drug-likeness (QED) is 0.476. The van der Waals surface area contributed by atoms with Gasteiger partial charge in [0, 0.05) is 6.07 Å². The Morgan fingerprint density at radius 1 is 1.39 bits per heavy atom. The second-order valence-corrected chi connectivity index (χ2v) is 4.23. The van der Waals surface area contributed by atoms with Gasteiger partial charge in [0.1, 0.15) is 18.0 Å². The van der Waals surface area contributed by atoms with Gasteiger partial charge in [-0.2, -0.15) is 0 Å². The van der Waals surface area contributed by atoms with Crippen LogP contribution in [-0.2, 0) is 9.53 Å². The maximum atomic E-state index is 13.6. The first kappa shape index (κ1) is 14.6. The highest BCUT2D eigenvalue weighted by molar-refractivity contribution is 9.10. The third-order valence-electron chi connectivity index (χ3n) is 2.15. The van der Waals surface area contributed by atoms with Gasteiger partial charge in [-0.3, -0.25) is 9.59 Å². The van der Waals surface area contributed by atoms with Gasteiger partial charge in [0.2, 0.25) is 0 Å². The van der Waals surface area contributed by atoms with Crippen LogP contribution in [0.25, 0.3) is 0 Å². The first-order chi connectivity index (χ1) is 8.49. The molecule has 0 aliphatic heterocycles. The smallest absolute Gasteiger partial charge is 0.313 e. The zero-order chi connectivity index (χ0) is 13.7. The molecule has 0 aliphatic rings. The molecule has 0 heterocycles. The zero-order valence-corrected chi connectivity index (χ0v) is 11.5. The molecule has 0 amide bonds. The maximum Gasteiger partial charge on any atom is 0.313 e. The van der Waals surface area contributed by atoms with Gasteiger partial charge in [0.15, 0.2) is 5.78 Å². The summed E-state index contributed by atoms with van der Waals surface area (Å²) in [5.74, 6) is -1.76. The van der Waals surface area contributed by atoms with E-state index >= 15 is 0 Å². The van der Waals surface area contributed by atoms with Gasteiger partial charge < -0.3 is 9.47 Å². The van der Waals surface area contributed by atoms with Crippen LogP contribution in [0.3, 0.4) is 0 Å². The lowest BCUT2D eigenvalue weighted by molar-refractivity contribution is -0.141. The number of benzene rings is 1. The highest BCUT2D eigenvalue weighted by Crippen LogP contribution is 2.28. The first-order valence-electron chi connectivity index (χ1n) is 5.21. The Morgan fingerprint density at radius 2 is 2.06 bits per heavy atom. The number of carbonyl (C=O) groups is 2. The van der Waals surface area contributed by atoms with Crippen LogP contribution in [0.4, 0.5) is 4.39 Å². The number of hydrogen-bond acceptors (Lipinski definition) is 4. The summed E-state index contributed by atoms with van der Waals surface area (Å²) in [4.78, 5) is 22.8. The molecule has 0 unspecified atom stereocenters. The van der Waals surface area contributed by atoms with Crippen molar-refractivity contribution in [1.29, 1.82) is 0 Å². The van der Waals surface area contributed by atoms with Crippen LogP contribution in [0.15, 0.2) is 16.6 Å². The van der Waals surface area contributed by atoms with E-state index < -0.39 is 24.0 Å². The van der Waals surface area contributed by atoms with Crippen LogP contribution in [0, 0.1) is 5.82 Å². The van der Waals surface area contributed by atoms with Crippen LogP contribution in [0.5, 0.6) is 5.75 Å². The number of Topliss-reactive ketones (excluding diaryl/α,β-unsaturated/α-hetero) is 1. The van der Waals surface area contributed by atoms with Crippen molar-refractivity contribution in [2.45, 2.75) is 13.3 Å². The van der Waals surface area contributed by atoms with Crippen molar-refractivity contribution in [3.8, 4) is 5.75 Å². The van der Waals surface area contributed by atoms with E-state index in [1.807, 2.05) is 0 Å². The van der Waals surface area contributed by atoms with E-state index in [9.17, 15) is 14.0 Å². The van der Waals surface area contributed by atoms with Crippen molar-refractivity contribution >= 4 is 27.7 Å². The number of methoxy groups -OCH3 is 1. The number of hydrogen-bond donors (Lipinski definition) is 0. The summed E-state index contributed by atoms with van der Waals surface area (Å²) in [5, 5.41) is 0. The number of rotatable bonds is 5. The van der Waals surface area contributed by atoms with Crippen molar-refractivity contribution in [1.82, 2.24) is 0 Å². The molecule has 1 aromatic carbocycles. The molecule has 98 valence electrons. The van der Waals surface area contributed by atoms with Crippen LogP contribution in [0.2, 0.25) is 0 Å². The van der Waals surface area contributed by atoms with Gasteiger partial charge in [-0.15, -0.1) is 0 Å². The van der Waals surface area contributed by atoms with E-state index in [1.165, 1.54) is 13.2 Å². The van der Waals surface area contributed by atoms with Crippen molar-refractivity contribution < 1.29 is 23.5 Å². The number of carbonyl (C=O) groups excluding carboxylic acids is 2. The Labute approximate surface area is 112 Å². The van der Waals surface area contributed by atoms with Crippen LogP contribution >= 0.6 is 15.9 Å². The second-order valence-electron chi connectivity index (χ2n) is 3.37. The Bertz CT molecular complexity index is 473. The SMILES string of the molecule is CCOC(=O)CC(=O)c1cc(Br)c(OC)cc1F. The highest BCUT2D eigenvalue weighted by atomic mass is 79.9. The van der Waals surface area contributed by atoms with Crippen molar-refractivity contribution in [2.24, 2.45) is 0 Å². The molecule has 0 atom stereocenters. The molecular weight excluding hydrogens is 307 g/mol. The highest BCUT2D eigenvalue weighted by Gasteiger charge is 2.18. The lowest BCUT2D eigenvalue weighted by Crippen LogP contribution is -2.12. The average molecular weight is 319 g/mol. The summed E-state index contributed by atoms with van der Waals surface area (Å²) in [6.07, 6.45) is -0.483. The van der Waals surface area contributed by atoms with Crippen molar-refractivity contribution in [2.75, 3.05) is 13.7 Å².